The summed E-state index contributed by atoms with van der Waals surface area (Å²) in [5.74, 6) is -0.918. The molecule has 3 aromatic rings. The highest BCUT2D eigenvalue weighted by Gasteiger charge is 2.18. The lowest BCUT2D eigenvalue weighted by molar-refractivity contribution is 0.103. The molecule has 0 radical (unpaired) electrons. The van der Waals surface area contributed by atoms with E-state index in [2.05, 4.69) is 20.9 Å². The number of halogens is 2. The number of ketones is 1. The standard InChI is InChI=1S/C16H9BrFNO/c17-14-7-3-6-12(15(14)18)16(20)13-9-19-8-10-4-1-2-5-11(10)13/h1-9H. The Labute approximate surface area is 123 Å². The van der Waals surface area contributed by atoms with E-state index in [1.165, 1.54) is 12.3 Å². The molecule has 0 N–H and O–H groups in total. The second-order valence-corrected chi connectivity index (χ2v) is 5.19. The van der Waals surface area contributed by atoms with Gasteiger partial charge in [-0.3, -0.25) is 9.78 Å². The summed E-state index contributed by atoms with van der Waals surface area (Å²) < 4.78 is 14.3. The summed E-state index contributed by atoms with van der Waals surface area (Å²) in [5, 5.41) is 1.63. The summed E-state index contributed by atoms with van der Waals surface area (Å²) in [7, 11) is 0. The maximum atomic E-state index is 14.0. The Morgan fingerprint density at radius 3 is 2.65 bits per heavy atom. The minimum atomic E-state index is -0.551. The average molecular weight is 330 g/mol. The number of fused-ring (bicyclic) bond motifs is 1. The zero-order valence-electron chi connectivity index (χ0n) is 10.3. The Morgan fingerprint density at radius 2 is 1.80 bits per heavy atom. The molecule has 1 heterocycles. The van der Waals surface area contributed by atoms with Gasteiger partial charge in [-0.05, 0) is 33.4 Å². The van der Waals surface area contributed by atoms with Crippen LogP contribution < -0.4 is 0 Å². The van der Waals surface area contributed by atoms with Crippen molar-refractivity contribution in [3.63, 3.8) is 0 Å². The molecular formula is C16H9BrFNO. The van der Waals surface area contributed by atoms with Crippen molar-refractivity contribution in [3.8, 4) is 0 Å². The Morgan fingerprint density at radius 1 is 1.00 bits per heavy atom. The van der Waals surface area contributed by atoms with E-state index in [-0.39, 0.29) is 15.8 Å². The van der Waals surface area contributed by atoms with E-state index in [1.54, 1.807) is 18.3 Å². The van der Waals surface area contributed by atoms with Gasteiger partial charge in [0.05, 0.1) is 10.0 Å². The normalized spacial score (nSPS) is 10.7. The number of aromatic nitrogens is 1. The van der Waals surface area contributed by atoms with Crippen LogP contribution in [0.25, 0.3) is 10.8 Å². The van der Waals surface area contributed by atoms with Crippen LogP contribution in [0.1, 0.15) is 15.9 Å². The molecule has 2 aromatic carbocycles. The molecule has 3 rings (SSSR count). The molecule has 0 bridgehead atoms. The van der Waals surface area contributed by atoms with E-state index in [0.29, 0.717) is 5.56 Å². The number of pyridine rings is 1. The maximum absolute atomic E-state index is 14.0. The van der Waals surface area contributed by atoms with Gasteiger partial charge >= 0.3 is 0 Å². The first-order valence-electron chi connectivity index (χ1n) is 6.00. The van der Waals surface area contributed by atoms with Crippen molar-refractivity contribution >= 4 is 32.5 Å². The van der Waals surface area contributed by atoms with Gasteiger partial charge in [-0.15, -0.1) is 0 Å². The second-order valence-electron chi connectivity index (χ2n) is 4.34. The zero-order valence-corrected chi connectivity index (χ0v) is 11.9. The molecular weight excluding hydrogens is 321 g/mol. The topological polar surface area (TPSA) is 30.0 Å². The molecule has 0 fully saturated rings. The molecule has 20 heavy (non-hydrogen) atoms. The van der Waals surface area contributed by atoms with Gasteiger partial charge < -0.3 is 0 Å². The molecule has 0 saturated carbocycles. The molecule has 0 amide bonds. The smallest absolute Gasteiger partial charge is 0.198 e. The number of benzene rings is 2. The van der Waals surface area contributed by atoms with Crippen LogP contribution in [0.4, 0.5) is 4.39 Å². The predicted octanol–water partition coefficient (Wildman–Crippen LogP) is 4.37. The van der Waals surface area contributed by atoms with E-state index < -0.39 is 5.82 Å². The van der Waals surface area contributed by atoms with Gasteiger partial charge in [0.2, 0.25) is 0 Å². The maximum Gasteiger partial charge on any atom is 0.198 e. The van der Waals surface area contributed by atoms with Gasteiger partial charge in [0.15, 0.2) is 5.78 Å². The monoisotopic (exact) mass is 329 g/mol. The van der Waals surface area contributed by atoms with Crippen molar-refractivity contribution < 1.29 is 9.18 Å². The summed E-state index contributed by atoms with van der Waals surface area (Å²) in [6.07, 6.45) is 3.16. The van der Waals surface area contributed by atoms with E-state index in [0.717, 1.165) is 10.8 Å². The van der Waals surface area contributed by atoms with E-state index in [1.807, 2.05) is 24.3 Å². The zero-order chi connectivity index (χ0) is 14.1. The van der Waals surface area contributed by atoms with Crippen molar-refractivity contribution in [2.45, 2.75) is 0 Å². The van der Waals surface area contributed by atoms with Crippen LogP contribution in [-0.4, -0.2) is 10.8 Å². The molecule has 98 valence electrons. The van der Waals surface area contributed by atoms with E-state index >= 15 is 0 Å². The van der Waals surface area contributed by atoms with Gasteiger partial charge in [0, 0.05) is 23.3 Å². The van der Waals surface area contributed by atoms with Crippen molar-refractivity contribution in [3.05, 3.63) is 76.3 Å². The van der Waals surface area contributed by atoms with Crippen molar-refractivity contribution in [1.29, 1.82) is 0 Å². The van der Waals surface area contributed by atoms with Crippen LogP contribution in [0.15, 0.2) is 59.3 Å². The van der Waals surface area contributed by atoms with Crippen LogP contribution in [0.2, 0.25) is 0 Å². The van der Waals surface area contributed by atoms with E-state index in [4.69, 9.17) is 0 Å². The summed E-state index contributed by atoms with van der Waals surface area (Å²) in [5.41, 5.74) is 0.442. The highest BCUT2D eigenvalue weighted by molar-refractivity contribution is 9.10. The Balaban J connectivity index is 2.21. The Hall–Kier alpha value is -2.07. The quantitative estimate of drug-likeness (QED) is 0.653. The number of hydrogen-bond donors (Lipinski definition) is 0. The van der Waals surface area contributed by atoms with Crippen LogP contribution in [0.5, 0.6) is 0 Å². The molecule has 0 unspecified atom stereocenters. The van der Waals surface area contributed by atoms with Crippen LogP contribution in [0, 0.1) is 5.82 Å². The summed E-state index contributed by atoms with van der Waals surface area (Å²) in [4.78, 5) is 16.6. The molecule has 0 aliphatic rings. The molecule has 0 atom stereocenters. The highest BCUT2D eigenvalue weighted by atomic mass is 79.9. The molecule has 2 nitrogen and oxygen atoms in total. The van der Waals surface area contributed by atoms with Crippen molar-refractivity contribution in [2.75, 3.05) is 0 Å². The van der Waals surface area contributed by atoms with Gasteiger partial charge in [-0.1, -0.05) is 30.3 Å². The van der Waals surface area contributed by atoms with Gasteiger partial charge in [-0.25, -0.2) is 4.39 Å². The lowest BCUT2D eigenvalue weighted by Gasteiger charge is -2.07. The molecule has 1 aromatic heterocycles. The van der Waals surface area contributed by atoms with Gasteiger partial charge in [0.25, 0.3) is 0 Å². The highest BCUT2D eigenvalue weighted by Crippen LogP contribution is 2.24. The van der Waals surface area contributed by atoms with Crippen molar-refractivity contribution in [1.82, 2.24) is 4.98 Å². The number of nitrogens with zero attached hydrogens (tertiary/aromatic N) is 1. The minimum Gasteiger partial charge on any atom is -0.288 e. The fraction of sp³-hybridized carbons (Fsp3) is 0. The average Bonchev–Trinajstić information content (AvgIpc) is 2.49. The lowest BCUT2D eigenvalue weighted by Crippen LogP contribution is -2.06. The third kappa shape index (κ3) is 2.12. The Kier molecular flexibility index (Phi) is 3.32. The van der Waals surface area contributed by atoms with E-state index in [9.17, 15) is 9.18 Å². The molecule has 0 spiro atoms. The van der Waals surface area contributed by atoms with Crippen LogP contribution in [0.3, 0.4) is 0 Å². The molecule has 4 heteroatoms. The summed E-state index contributed by atoms with van der Waals surface area (Å²) >= 11 is 3.09. The fourth-order valence-electron chi connectivity index (χ4n) is 2.12. The number of carbonyl (C=O) groups excluding carboxylic acids is 1. The largest absolute Gasteiger partial charge is 0.288 e. The predicted molar refractivity (Wildman–Crippen MR) is 79.3 cm³/mol. The van der Waals surface area contributed by atoms with Crippen LogP contribution in [-0.2, 0) is 0 Å². The van der Waals surface area contributed by atoms with Gasteiger partial charge in [-0.2, -0.15) is 0 Å². The minimum absolute atomic E-state index is 0.0394. The number of hydrogen-bond acceptors (Lipinski definition) is 2. The number of rotatable bonds is 2. The van der Waals surface area contributed by atoms with Crippen LogP contribution >= 0.6 is 15.9 Å². The van der Waals surface area contributed by atoms with Gasteiger partial charge in [0.1, 0.15) is 5.82 Å². The summed E-state index contributed by atoms with van der Waals surface area (Å²) in [6.45, 7) is 0. The third-order valence-corrected chi connectivity index (χ3v) is 3.72. The SMILES string of the molecule is O=C(c1cccc(Br)c1F)c1cncc2ccccc12. The second kappa shape index (κ2) is 5.13. The lowest BCUT2D eigenvalue weighted by atomic mass is 9.99. The third-order valence-electron chi connectivity index (χ3n) is 3.11. The molecule has 0 aliphatic carbocycles. The fourth-order valence-corrected chi connectivity index (χ4v) is 2.49. The first-order chi connectivity index (χ1) is 9.68. The summed E-state index contributed by atoms with van der Waals surface area (Å²) in [6, 6.07) is 12.1. The first-order valence-corrected chi connectivity index (χ1v) is 6.79. The molecule has 0 aliphatic heterocycles. The Bertz CT molecular complexity index is 811. The number of carbonyl (C=O) groups is 1. The molecule has 0 saturated heterocycles. The van der Waals surface area contributed by atoms with Crippen molar-refractivity contribution in [2.24, 2.45) is 0 Å². The first kappa shape index (κ1) is 12.9.